The summed E-state index contributed by atoms with van der Waals surface area (Å²) in [7, 11) is 0. The number of thioether (sulfide) groups is 1. The van der Waals surface area contributed by atoms with Gasteiger partial charge in [0, 0.05) is 5.69 Å². The lowest BCUT2D eigenvalue weighted by atomic mass is 10.0. The summed E-state index contributed by atoms with van der Waals surface area (Å²) in [4.78, 5) is 37.1. The molecule has 0 aliphatic rings. The molecule has 0 aliphatic carbocycles. The van der Waals surface area contributed by atoms with Crippen LogP contribution in [-0.2, 0) is 14.3 Å². The van der Waals surface area contributed by atoms with Crippen LogP contribution in [0, 0.1) is 0 Å². The van der Waals surface area contributed by atoms with Crippen molar-refractivity contribution in [3.8, 4) is 0 Å². The first-order valence-electron chi connectivity index (χ1n) is 12.7. The highest BCUT2D eigenvalue weighted by Crippen LogP contribution is 2.26. The van der Waals surface area contributed by atoms with E-state index in [-0.39, 0.29) is 0 Å². The smallest absolute Gasteiger partial charge is 0.338 e. The van der Waals surface area contributed by atoms with Gasteiger partial charge in [-0.25, -0.2) is 4.79 Å². The molecule has 0 fully saturated rings. The molecule has 0 spiro atoms. The molecule has 0 aromatic heterocycles. The van der Waals surface area contributed by atoms with Crippen LogP contribution in [0.4, 0.5) is 5.69 Å². The molecule has 0 heterocycles. The van der Waals surface area contributed by atoms with Gasteiger partial charge in [0.05, 0.1) is 16.9 Å². The molecule has 1 atom stereocenters. The van der Waals surface area contributed by atoms with Gasteiger partial charge in [-0.3, -0.25) is 9.59 Å². The summed E-state index contributed by atoms with van der Waals surface area (Å²) >= 11 is 1.37. The molecule has 0 bridgehead atoms. The second-order valence-corrected chi connectivity index (χ2v) is 11.0. The van der Waals surface area contributed by atoms with Crippen LogP contribution in [0.2, 0.25) is 0 Å². The monoisotopic (exact) mass is 493 g/mol. The van der Waals surface area contributed by atoms with Crippen molar-refractivity contribution >= 4 is 35.1 Å². The topological polar surface area (TPSA) is 92.7 Å². The number of Topliss-reactive ketones (excluding diaryl/α,β-unsaturated/α-hetero) is 1. The predicted molar refractivity (Wildman–Crippen MR) is 140 cm³/mol. The van der Waals surface area contributed by atoms with Crippen molar-refractivity contribution in [3.05, 3.63) is 29.8 Å². The Labute approximate surface area is 209 Å². The second-order valence-electron chi connectivity index (χ2n) is 9.10. The first-order valence-corrected chi connectivity index (χ1v) is 13.7. The van der Waals surface area contributed by atoms with Gasteiger partial charge in [0.15, 0.2) is 11.9 Å². The lowest BCUT2D eigenvalue weighted by Crippen LogP contribution is -2.44. The van der Waals surface area contributed by atoms with Crippen molar-refractivity contribution in [3.63, 3.8) is 0 Å². The molecule has 7 heteroatoms. The molecule has 0 saturated carbocycles. The molecule has 0 aliphatic heterocycles. The van der Waals surface area contributed by atoms with Crippen LogP contribution in [0.5, 0.6) is 0 Å². The number of hydrogen-bond acceptors (Lipinski definition) is 6. The number of carbonyl (C=O) groups excluding carboxylic acids is 3. The molecule has 1 rings (SSSR count). The Bertz CT molecular complexity index is 765. The molecule has 1 aromatic carbocycles. The van der Waals surface area contributed by atoms with E-state index in [2.05, 4.69) is 12.2 Å². The van der Waals surface area contributed by atoms with Crippen LogP contribution < -0.4 is 5.32 Å². The van der Waals surface area contributed by atoms with Crippen molar-refractivity contribution in [2.75, 3.05) is 17.7 Å². The van der Waals surface area contributed by atoms with Gasteiger partial charge in [0.25, 0.3) is 5.91 Å². The molecule has 1 aromatic rings. The summed E-state index contributed by atoms with van der Waals surface area (Å²) in [5.74, 6) is -1.13. The van der Waals surface area contributed by atoms with Crippen molar-refractivity contribution in [1.82, 2.24) is 0 Å². The number of rotatable bonds is 18. The van der Waals surface area contributed by atoms with Crippen LogP contribution in [0.25, 0.3) is 0 Å². The fraction of sp³-hybridized carbons (Fsp3) is 0.667. The molecule has 192 valence electrons. The number of benzene rings is 1. The van der Waals surface area contributed by atoms with Crippen molar-refractivity contribution in [2.45, 2.75) is 103 Å². The lowest BCUT2D eigenvalue weighted by Gasteiger charge is -2.24. The number of esters is 1. The summed E-state index contributed by atoms with van der Waals surface area (Å²) in [5, 5.41) is 12.7. The zero-order valence-electron chi connectivity index (χ0n) is 21.4. The Morgan fingerprint density at radius 2 is 1.56 bits per heavy atom. The number of anilines is 1. The highest BCUT2D eigenvalue weighted by atomic mass is 32.2. The lowest BCUT2D eigenvalue weighted by molar-refractivity contribution is -0.137. The molecule has 2 N–H and O–H groups in total. The van der Waals surface area contributed by atoms with Gasteiger partial charge in [-0.2, -0.15) is 0 Å². The van der Waals surface area contributed by atoms with Crippen molar-refractivity contribution < 1.29 is 24.2 Å². The standard InChI is InChI=1S/C27H43NO5S/c1-5-7-8-9-10-11-12-13-14-15-19-33-26(32)21-17-16-18-22(20-21)28-25(31)23(29)24(30)27(3,4)34-6-2/h16-18,20,23,29H,5-15,19H2,1-4H3,(H,28,31). The fourth-order valence-corrected chi connectivity index (χ4v) is 4.63. The predicted octanol–water partition coefficient (Wildman–Crippen LogP) is 6.16. The Hall–Kier alpha value is -1.86. The quantitative estimate of drug-likeness (QED) is 0.144. The maximum Gasteiger partial charge on any atom is 0.338 e. The average Bonchev–Trinajstić information content (AvgIpc) is 2.81. The summed E-state index contributed by atoms with van der Waals surface area (Å²) < 4.78 is 4.49. The van der Waals surface area contributed by atoms with Gasteiger partial charge in [0.2, 0.25) is 0 Å². The molecular formula is C27H43NO5S. The van der Waals surface area contributed by atoms with Gasteiger partial charge in [0.1, 0.15) is 0 Å². The average molecular weight is 494 g/mol. The van der Waals surface area contributed by atoms with Gasteiger partial charge in [-0.1, -0.05) is 77.7 Å². The van der Waals surface area contributed by atoms with Gasteiger partial charge < -0.3 is 15.2 Å². The molecule has 0 saturated heterocycles. The third-order valence-electron chi connectivity index (χ3n) is 5.69. The van der Waals surface area contributed by atoms with E-state index in [1.54, 1.807) is 32.0 Å². The van der Waals surface area contributed by atoms with E-state index >= 15 is 0 Å². The molecule has 6 nitrogen and oxygen atoms in total. The van der Waals surface area contributed by atoms with Gasteiger partial charge >= 0.3 is 5.97 Å². The molecule has 34 heavy (non-hydrogen) atoms. The number of ether oxygens (including phenoxy) is 1. The summed E-state index contributed by atoms with van der Waals surface area (Å²) in [5.41, 5.74) is 0.638. The number of hydrogen-bond donors (Lipinski definition) is 2. The first-order chi connectivity index (χ1) is 16.2. The van der Waals surface area contributed by atoms with E-state index in [1.165, 1.54) is 62.8 Å². The number of amides is 1. The Kier molecular flexibility index (Phi) is 14.8. The van der Waals surface area contributed by atoms with Crippen LogP contribution >= 0.6 is 11.8 Å². The highest BCUT2D eigenvalue weighted by Gasteiger charge is 2.36. The zero-order chi connectivity index (χ0) is 25.4. The van der Waals surface area contributed by atoms with Crippen molar-refractivity contribution in [1.29, 1.82) is 0 Å². The summed E-state index contributed by atoms with van der Waals surface area (Å²) in [6.45, 7) is 7.87. The second kappa shape index (κ2) is 16.7. The Morgan fingerprint density at radius 3 is 2.15 bits per heavy atom. The zero-order valence-corrected chi connectivity index (χ0v) is 22.2. The van der Waals surface area contributed by atoms with E-state index in [0.717, 1.165) is 19.3 Å². The number of aliphatic hydroxyl groups is 1. The van der Waals surface area contributed by atoms with Crippen LogP contribution in [0.1, 0.15) is 102 Å². The SMILES string of the molecule is CCCCCCCCCCCCOC(=O)c1cccc(NC(=O)C(O)C(=O)C(C)(C)SCC)c1. The molecule has 1 unspecified atom stereocenters. The minimum atomic E-state index is -1.78. The van der Waals surface area contributed by atoms with Crippen LogP contribution in [0.15, 0.2) is 24.3 Å². The number of unbranched alkanes of at least 4 members (excludes halogenated alkanes) is 9. The Morgan fingerprint density at radius 1 is 0.971 bits per heavy atom. The number of carbonyl (C=O) groups is 3. The van der Waals surface area contributed by atoms with Gasteiger partial charge in [-0.15, -0.1) is 11.8 Å². The summed E-state index contributed by atoms with van der Waals surface area (Å²) in [6, 6.07) is 6.32. The highest BCUT2D eigenvalue weighted by molar-refractivity contribution is 8.01. The van der Waals surface area contributed by atoms with E-state index in [0.29, 0.717) is 23.6 Å². The fourth-order valence-electron chi connectivity index (χ4n) is 3.65. The summed E-state index contributed by atoms with van der Waals surface area (Å²) in [6.07, 6.45) is 10.3. The van der Waals surface area contributed by atoms with E-state index in [4.69, 9.17) is 4.74 Å². The largest absolute Gasteiger partial charge is 0.462 e. The number of aliphatic hydroxyl groups excluding tert-OH is 1. The molecule has 1 amide bonds. The third kappa shape index (κ3) is 11.5. The third-order valence-corrected chi connectivity index (χ3v) is 6.90. The van der Waals surface area contributed by atoms with E-state index in [1.807, 2.05) is 6.92 Å². The number of nitrogens with one attached hydrogen (secondary N) is 1. The minimum absolute atomic E-state index is 0.313. The van der Waals surface area contributed by atoms with Gasteiger partial charge in [-0.05, 0) is 44.2 Å². The minimum Gasteiger partial charge on any atom is -0.462 e. The van der Waals surface area contributed by atoms with Crippen molar-refractivity contribution in [2.24, 2.45) is 0 Å². The van der Waals surface area contributed by atoms with E-state index < -0.39 is 28.5 Å². The maximum absolute atomic E-state index is 12.4. The van der Waals surface area contributed by atoms with Crippen LogP contribution in [-0.4, -0.2) is 46.0 Å². The molecular weight excluding hydrogens is 450 g/mol. The van der Waals surface area contributed by atoms with Crippen LogP contribution in [0.3, 0.4) is 0 Å². The van der Waals surface area contributed by atoms with E-state index in [9.17, 15) is 19.5 Å². The molecule has 0 radical (unpaired) electrons. The normalized spacial score (nSPS) is 12.3. The number of ketones is 1. The maximum atomic E-state index is 12.4. The Balaban J connectivity index is 2.38. The first kappa shape index (κ1) is 30.2.